The third-order valence-electron chi connectivity index (χ3n) is 3.06. The molecule has 1 N–H and O–H groups in total. The molecule has 0 bridgehead atoms. The van der Waals surface area contributed by atoms with Gasteiger partial charge in [0.2, 0.25) is 0 Å². The lowest BCUT2D eigenvalue weighted by molar-refractivity contribution is 0.436. The maximum Gasteiger partial charge on any atom is 0.107 e. The molecule has 1 aliphatic rings. The van der Waals surface area contributed by atoms with Gasteiger partial charge in [0.1, 0.15) is 5.01 Å². The van der Waals surface area contributed by atoms with E-state index in [0.717, 1.165) is 18.9 Å². The maximum atomic E-state index is 4.38. The molecule has 2 nitrogen and oxygen atoms in total. The van der Waals surface area contributed by atoms with E-state index in [1.165, 1.54) is 29.1 Å². The summed E-state index contributed by atoms with van der Waals surface area (Å²) in [7, 11) is 0. The Hall–Kier alpha value is -0.670. The summed E-state index contributed by atoms with van der Waals surface area (Å²) in [5.74, 6) is 0.904. The molecule has 0 spiro atoms. The summed E-state index contributed by atoms with van der Waals surface area (Å²) in [6, 6.07) is 0.669. The van der Waals surface area contributed by atoms with Crippen LogP contribution in [0.15, 0.2) is 18.9 Å². The number of thiazole rings is 1. The van der Waals surface area contributed by atoms with Crippen LogP contribution in [0.3, 0.4) is 0 Å². The Morgan fingerprint density at radius 3 is 3.06 bits per heavy atom. The standard InChI is InChI=1S/C13H20N2S/c1-3-4-5-12(11-6-7-11)14-9-13-15-8-10(2)16-13/h3,8,11-12,14H,1,4-7,9H2,2H3. The van der Waals surface area contributed by atoms with Gasteiger partial charge in [-0.1, -0.05) is 6.08 Å². The van der Waals surface area contributed by atoms with Crippen LogP contribution < -0.4 is 5.32 Å². The van der Waals surface area contributed by atoms with E-state index in [0.29, 0.717) is 6.04 Å². The Bertz CT molecular complexity index is 341. The molecular formula is C13H20N2S. The van der Waals surface area contributed by atoms with E-state index in [-0.39, 0.29) is 0 Å². The van der Waals surface area contributed by atoms with Crippen molar-refractivity contribution in [3.63, 3.8) is 0 Å². The zero-order valence-corrected chi connectivity index (χ0v) is 10.7. The second-order valence-electron chi connectivity index (χ2n) is 4.56. The number of nitrogens with zero attached hydrogens (tertiary/aromatic N) is 1. The lowest BCUT2D eigenvalue weighted by Crippen LogP contribution is -2.30. The summed E-state index contributed by atoms with van der Waals surface area (Å²) in [4.78, 5) is 5.68. The van der Waals surface area contributed by atoms with Crippen LogP contribution in [0.2, 0.25) is 0 Å². The van der Waals surface area contributed by atoms with Crippen molar-refractivity contribution < 1.29 is 0 Å². The number of hydrogen-bond acceptors (Lipinski definition) is 3. The van der Waals surface area contributed by atoms with Gasteiger partial charge in [-0.3, -0.25) is 0 Å². The monoisotopic (exact) mass is 236 g/mol. The molecule has 0 amide bonds. The topological polar surface area (TPSA) is 24.9 Å². The minimum Gasteiger partial charge on any atom is -0.307 e. The van der Waals surface area contributed by atoms with Crippen molar-refractivity contribution in [3.8, 4) is 0 Å². The third kappa shape index (κ3) is 3.42. The fourth-order valence-corrected chi connectivity index (χ4v) is 2.74. The number of rotatable bonds is 7. The molecule has 1 atom stereocenters. The first-order chi connectivity index (χ1) is 7.79. The van der Waals surface area contributed by atoms with Crippen LogP contribution in [0.25, 0.3) is 0 Å². The molecule has 88 valence electrons. The van der Waals surface area contributed by atoms with Crippen molar-refractivity contribution in [1.29, 1.82) is 0 Å². The van der Waals surface area contributed by atoms with Crippen molar-refractivity contribution in [2.75, 3.05) is 0 Å². The molecule has 1 unspecified atom stereocenters. The zero-order chi connectivity index (χ0) is 11.4. The van der Waals surface area contributed by atoms with Gasteiger partial charge in [0.25, 0.3) is 0 Å². The molecule has 3 heteroatoms. The number of aryl methyl sites for hydroxylation is 1. The summed E-state index contributed by atoms with van der Waals surface area (Å²) in [6.45, 7) is 6.83. The second-order valence-corrected chi connectivity index (χ2v) is 5.87. The van der Waals surface area contributed by atoms with Crippen LogP contribution in [-0.4, -0.2) is 11.0 Å². The number of nitrogens with one attached hydrogen (secondary N) is 1. The number of hydrogen-bond donors (Lipinski definition) is 1. The van der Waals surface area contributed by atoms with Crippen molar-refractivity contribution in [2.45, 2.75) is 45.2 Å². The SMILES string of the molecule is C=CCCC(NCc1ncc(C)s1)C1CC1. The van der Waals surface area contributed by atoms with E-state index in [4.69, 9.17) is 0 Å². The smallest absolute Gasteiger partial charge is 0.107 e. The van der Waals surface area contributed by atoms with Crippen molar-refractivity contribution >= 4 is 11.3 Å². The van der Waals surface area contributed by atoms with Crippen LogP contribution >= 0.6 is 11.3 Å². The fraction of sp³-hybridized carbons (Fsp3) is 0.615. The lowest BCUT2D eigenvalue weighted by atomic mass is 10.1. The van der Waals surface area contributed by atoms with Crippen LogP contribution in [-0.2, 0) is 6.54 Å². The molecule has 1 heterocycles. The van der Waals surface area contributed by atoms with Crippen molar-refractivity contribution in [3.05, 3.63) is 28.7 Å². The van der Waals surface area contributed by atoms with Crippen molar-refractivity contribution in [2.24, 2.45) is 5.92 Å². The first kappa shape index (κ1) is 11.8. The molecule has 1 saturated carbocycles. The van der Waals surface area contributed by atoms with E-state index in [2.05, 4.69) is 23.8 Å². The highest BCUT2D eigenvalue weighted by Crippen LogP contribution is 2.34. The summed E-state index contributed by atoms with van der Waals surface area (Å²) in [5, 5.41) is 4.86. The van der Waals surface area contributed by atoms with Gasteiger partial charge in [0.05, 0.1) is 0 Å². The van der Waals surface area contributed by atoms with Gasteiger partial charge in [0, 0.05) is 23.7 Å². The van der Waals surface area contributed by atoms with Gasteiger partial charge in [-0.15, -0.1) is 17.9 Å². The van der Waals surface area contributed by atoms with Gasteiger partial charge in [-0.2, -0.15) is 0 Å². The van der Waals surface area contributed by atoms with Crippen LogP contribution in [0.5, 0.6) is 0 Å². The summed E-state index contributed by atoms with van der Waals surface area (Å²) < 4.78 is 0. The molecule has 1 aliphatic carbocycles. The van der Waals surface area contributed by atoms with Crippen LogP contribution in [0.4, 0.5) is 0 Å². The first-order valence-corrected chi connectivity index (χ1v) is 6.87. The Morgan fingerprint density at radius 1 is 1.69 bits per heavy atom. The fourth-order valence-electron chi connectivity index (χ4n) is 2.00. The zero-order valence-electron chi connectivity index (χ0n) is 9.91. The van der Waals surface area contributed by atoms with Gasteiger partial charge in [0.15, 0.2) is 0 Å². The van der Waals surface area contributed by atoms with E-state index in [1.54, 1.807) is 11.3 Å². The molecule has 0 radical (unpaired) electrons. The van der Waals surface area contributed by atoms with Crippen LogP contribution in [0, 0.1) is 12.8 Å². The quantitative estimate of drug-likeness (QED) is 0.735. The number of aromatic nitrogens is 1. The van der Waals surface area contributed by atoms with Gasteiger partial charge < -0.3 is 5.32 Å². The molecule has 0 aliphatic heterocycles. The Kier molecular flexibility index (Phi) is 4.13. The predicted molar refractivity (Wildman–Crippen MR) is 69.6 cm³/mol. The minimum atomic E-state index is 0.669. The Labute approximate surface area is 102 Å². The molecule has 0 aromatic carbocycles. The molecule has 1 aromatic rings. The van der Waals surface area contributed by atoms with Gasteiger partial charge in [-0.25, -0.2) is 4.98 Å². The average molecular weight is 236 g/mol. The molecule has 16 heavy (non-hydrogen) atoms. The van der Waals surface area contributed by atoms with E-state index >= 15 is 0 Å². The highest BCUT2D eigenvalue weighted by atomic mass is 32.1. The summed E-state index contributed by atoms with van der Waals surface area (Å²) >= 11 is 1.79. The van der Waals surface area contributed by atoms with E-state index in [9.17, 15) is 0 Å². The molecule has 2 rings (SSSR count). The van der Waals surface area contributed by atoms with E-state index < -0.39 is 0 Å². The summed E-state index contributed by atoms with van der Waals surface area (Å²) in [6.07, 6.45) is 9.10. The lowest BCUT2D eigenvalue weighted by Gasteiger charge is -2.16. The third-order valence-corrected chi connectivity index (χ3v) is 3.97. The van der Waals surface area contributed by atoms with Crippen molar-refractivity contribution in [1.82, 2.24) is 10.3 Å². The first-order valence-electron chi connectivity index (χ1n) is 6.05. The average Bonchev–Trinajstić information content (AvgIpc) is 3.03. The van der Waals surface area contributed by atoms with Gasteiger partial charge in [-0.05, 0) is 38.5 Å². The Balaban J connectivity index is 1.79. The normalized spacial score (nSPS) is 17.3. The largest absolute Gasteiger partial charge is 0.307 e. The highest BCUT2D eigenvalue weighted by molar-refractivity contribution is 7.11. The van der Waals surface area contributed by atoms with Gasteiger partial charge >= 0.3 is 0 Å². The highest BCUT2D eigenvalue weighted by Gasteiger charge is 2.30. The number of allylic oxidation sites excluding steroid dienone is 1. The van der Waals surface area contributed by atoms with Crippen LogP contribution in [0.1, 0.15) is 35.6 Å². The molecule has 1 fully saturated rings. The van der Waals surface area contributed by atoms with E-state index in [1.807, 2.05) is 12.3 Å². The predicted octanol–water partition coefficient (Wildman–Crippen LogP) is 3.29. The molecule has 0 saturated heterocycles. The maximum absolute atomic E-state index is 4.38. The molecule has 1 aromatic heterocycles. The Morgan fingerprint density at radius 2 is 2.50 bits per heavy atom. The molecular weight excluding hydrogens is 216 g/mol. The second kappa shape index (κ2) is 5.60. The summed E-state index contributed by atoms with van der Waals surface area (Å²) in [5.41, 5.74) is 0. The minimum absolute atomic E-state index is 0.669.